The van der Waals surface area contributed by atoms with Gasteiger partial charge in [0.15, 0.2) is 0 Å². The Hall–Kier alpha value is -3.63. The second kappa shape index (κ2) is 10.2. The molecule has 2 heterocycles. The Labute approximate surface area is 209 Å². The molecule has 0 aliphatic carbocycles. The lowest BCUT2D eigenvalue weighted by molar-refractivity contribution is 0.356. The van der Waals surface area contributed by atoms with Crippen LogP contribution >= 0.6 is 0 Å². The third-order valence-electron chi connectivity index (χ3n) is 5.42. The van der Waals surface area contributed by atoms with Gasteiger partial charge in [-0.15, -0.1) is 0 Å². The lowest BCUT2D eigenvalue weighted by atomic mass is 10.0. The van der Waals surface area contributed by atoms with E-state index in [1.165, 1.54) is 24.3 Å². The molecule has 4 aromatic rings. The van der Waals surface area contributed by atoms with Crippen molar-refractivity contribution >= 4 is 15.8 Å². The molecule has 4 rings (SSSR count). The average Bonchev–Trinajstić information content (AvgIpc) is 3.29. The fourth-order valence-electron chi connectivity index (χ4n) is 3.55. The van der Waals surface area contributed by atoms with Crippen molar-refractivity contribution in [1.29, 1.82) is 0 Å². The first-order valence-corrected chi connectivity index (χ1v) is 12.8. The molecule has 0 aliphatic rings. The number of pyridine rings is 1. The maximum absolute atomic E-state index is 14.0. The molecular weight excluding hydrogens is 484 g/mol. The van der Waals surface area contributed by atoms with Gasteiger partial charge in [-0.25, -0.2) is 26.9 Å². The summed E-state index contributed by atoms with van der Waals surface area (Å²) in [6.07, 6.45) is 3.57. The highest BCUT2D eigenvalue weighted by atomic mass is 32.2. The van der Waals surface area contributed by atoms with E-state index in [0.717, 1.165) is 23.3 Å². The largest absolute Gasteiger partial charge is 0.369 e. The molecule has 0 aliphatic heterocycles. The van der Waals surface area contributed by atoms with Crippen molar-refractivity contribution in [2.75, 3.05) is 18.4 Å². The Morgan fingerprint density at radius 2 is 1.67 bits per heavy atom. The van der Waals surface area contributed by atoms with Crippen molar-refractivity contribution < 1.29 is 17.2 Å². The van der Waals surface area contributed by atoms with Gasteiger partial charge in [0.1, 0.15) is 23.1 Å². The number of nitrogens with zero attached hydrogens (tertiary/aromatic N) is 3. The zero-order chi connectivity index (χ0) is 25.9. The van der Waals surface area contributed by atoms with Crippen LogP contribution in [0.2, 0.25) is 0 Å². The lowest BCUT2D eigenvalue weighted by Gasteiger charge is -2.18. The van der Waals surface area contributed by atoms with Crippen molar-refractivity contribution in [3.63, 3.8) is 0 Å². The van der Waals surface area contributed by atoms with E-state index in [0.29, 0.717) is 17.1 Å². The van der Waals surface area contributed by atoms with Crippen LogP contribution in [0.1, 0.15) is 20.8 Å². The second-order valence-electron chi connectivity index (χ2n) is 9.23. The lowest BCUT2D eigenvalue weighted by Crippen LogP contribution is -2.29. The van der Waals surface area contributed by atoms with Gasteiger partial charge < -0.3 is 5.32 Å². The highest BCUT2D eigenvalue weighted by molar-refractivity contribution is 7.89. The predicted octanol–water partition coefficient (Wildman–Crippen LogP) is 5.04. The number of sulfonamides is 1. The van der Waals surface area contributed by atoms with Gasteiger partial charge in [-0.05, 0) is 74.9 Å². The zero-order valence-electron chi connectivity index (χ0n) is 20.2. The number of nitrogens with one attached hydrogen (secondary N) is 2. The Bertz CT molecular complexity index is 1460. The normalized spacial score (nSPS) is 12.0. The minimum atomic E-state index is -3.75. The van der Waals surface area contributed by atoms with Crippen LogP contribution < -0.4 is 10.0 Å². The molecule has 0 unspecified atom stereocenters. The fraction of sp³-hybridized carbons (Fsp3) is 0.231. The molecule has 10 heteroatoms. The summed E-state index contributed by atoms with van der Waals surface area (Å²) in [5.74, 6) is -0.304. The van der Waals surface area contributed by atoms with Crippen molar-refractivity contribution in [1.82, 2.24) is 19.5 Å². The average molecular weight is 512 g/mol. The Morgan fingerprint density at radius 3 is 2.36 bits per heavy atom. The summed E-state index contributed by atoms with van der Waals surface area (Å²) in [6.45, 7) is 6.47. The molecule has 0 fully saturated rings. The summed E-state index contributed by atoms with van der Waals surface area (Å²) in [4.78, 5) is 4.31. The molecule has 0 atom stereocenters. The number of hydrogen-bond donors (Lipinski definition) is 2. The van der Waals surface area contributed by atoms with Gasteiger partial charge in [-0.2, -0.15) is 5.10 Å². The maximum atomic E-state index is 14.0. The van der Waals surface area contributed by atoms with Crippen LogP contribution in [0.3, 0.4) is 0 Å². The minimum absolute atomic E-state index is 0.00948. The molecule has 0 bridgehead atoms. The smallest absolute Gasteiger partial charge is 0.240 e. The summed E-state index contributed by atoms with van der Waals surface area (Å²) in [6, 6.07) is 14.6. The first-order chi connectivity index (χ1) is 17.0. The highest BCUT2D eigenvalue weighted by Crippen LogP contribution is 2.33. The Morgan fingerprint density at radius 1 is 0.917 bits per heavy atom. The van der Waals surface area contributed by atoms with Gasteiger partial charge >= 0.3 is 0 Å². The molecule has 0 saturated heterocycles. The van der Waals surface area contributed by atoms with E-state index in [1.807, 2.05) is 49.8 Å². The third kappa shape index (κ3) is 5.95. The second-order valence-corrected chi connectivity index (χ2v) is 11.0. The molecule has 36 heavy (non-hydrogen) atoms. The van der Waals surface area contributed by atoms with Crippen LogP contribution in [0.5, 0.6) is 0 Å². The number of hydrogen-bond acceptors (Lipinski definition) is 5. The van der Waals surface area contributed by atoms with Crippen LogP contribution in [0, 0.1) is 11.6 Å². The Balaban J connectivity index is 1.52. The highest BCUT2D eigenvalue weighted by Gasteiger charge is 2.20. The van der Waals surface area contributed by atoms with E-state index >= 15 is 0 Å². The van der Waals surface area contributed by atoms with Crippen LogP contribution in [0.25, 0.3) is 22.4 Å². The summed E-state index contributed by atoms with van der Waals surface area (Å²) in [5.41, 5.74) is 2.67. The van der Waals surface area contributed by atoms with E-state index in [9.17, 15) is 17.2 Å². The third-order valence-corrected chi connectivity index (χ3v) is 6.89. The zero-order valence-corrected chi connectivity index (χ0v) is 21.0. The number of aromatic nitrogens is 3. The summed E-state index contributed by atoms with van der Waals surface area (Å²) in [5, 5.41) is 7.85. The molecule has 0 radical (unpaired) electrons. The maximum Gasteiger partial charge on any atom is 0.240 e. The van der Waals surface area contributed by atoms with Gasteiger partial charge in [0.25, 0.3) is 0 Å². The molecular formula is C26H27F2N5O2S. The van der Waals surface area contributed by atoms with Crippen molar-refractivity contribution in [3.05, 3.63) is 84.7 Å². The molecule has 2 N–H and O–H groups in total. The van der Waals surface area contributed by atoms with E-state index in [2.05, 4.69) is 15.0 Å². The number of benzene rings is 2. The molecule has 188 valence electrons. The monoisotopic (exact) mass is 511 g/mol. The number of rotatable bonds is 8. The van der Waals surface area contributed by atoms with Crippen LogP contribution in [0.4, 0.5) is 14.6 Å². The quantitative estimate of drug-likeness (QED) is 0.324. The predicted molar refractivity (Wildman–Crippen MR) is 136 cm³/mol. The first kappa shape index (κ1) is 25.5. The van der Waals surface area contributed by atoms with E-state index in [-0.39, 0.29) is 29.3 Å². The Kier molecular flexibility index (Phi) is 7.18. The topological polar surface area (TPSA) is 88.9 Å². The summed E-state index contributed by atoms with van der Waals surface area (Å²) < 4.78 is 56.1. The van der Waals surface area contributed by atoms with Crippen LogP contribution in [-0.2, 0) is 15.6 Å². The van der Waals surface area contributed by atoms with Gasteiger partial charge in [-0.3, -0.25) is 4.68 Å². The van der Waals surface area contributed by atoms with Crippen molar-refractivity contribution in [3.8, 4) is 22.4 Å². The molecule has 7 nitrogen and oxygen atoms in total. The minimum Gasteiger partial charge on any atom is -0.369 e. The van der Waals surface area contributed by atoms with Crippen molar-refractivity contribution in [2.24, 2.45) is 0 Å². The molecule has 0 spiro atoms. The molecule has 0 amide bonds. The van der Waals surface area contributed by atoms with Crippen LogP contribution in [0.15, 0.2) is 78.0 Å². The molecule has 2 aromatic carbocycles. The molecule has 0 saturated carbocycles. The molecule has 2 aromatic heterocycles. The first-order valence-electron chi connectivity index (χ1n) is 11.3. The van der Waals surface area contributed by atoms with Crippen molar-refractivity contribution in [2.45, 2.75) is 31.2 Å². The van der Waals surface area contributed by atoms with E-state index in [1.54, 1.807) is 12.3 Å². The van der Waals surface area contributed by atoms with E-state index < -0.39 is 15.8 Å². The fourth-order valence-corrected chi connectivity index (χ4v) is 4.58. The van der Waals surface area contributed by atoms with Gasteiger partial charge in [0.05, 0.1) is 10.4 Å². The van der Waals surface area contributed by atoms with E-state index in [4.69, 9.17) is 5.10 Å². The number of anilines is 1. The summed E-state index contributed by atoms with van der Waals surface area (Å²) in [7, 11) is -3.75. The number of halogens is 2. The SMILES string of the molecule is CC(C)(C)n1cc(-c2ccnc(NCCNS(=O)(=O)c3ccc(F)cc3)c2)c(-c2cccc(F)c2)n1. The van der Waals surface area contributed by atoms with Gasteiger partial charge in [0.2, 0.25) is 10.0 Å². The summed E-state index contributed by atoms with van der Waals surface area (Å²) >= 11 is 0. The van der Waals surface area contributed by atoms with Crippen LogP contribution in [-0.4, -0.2) is 36.3 Å². The standard InChI is InChI=1S/C26H27F2N5O2S/c1-26(2,3)33-17-23(25(32-33)19-5-4-6-21(28)15-19)18-11-12-29-24(16-18)30-13-14-31-36(34,35)22-9-7-20(27)8-10-22/h4-12,15-17,31H,13-14H2,1-3H3,(H,29,30). The van der Waals surface area contributed by atoms with Gasteiger partial charge in [0, 0.05) is 36.6 Å². The van der Waals surface area contributed by atoms with Gasteiger partial charge in [-0.1, -0.05) is 12.1 Å².